The molecule has 0 bridgehead atoms. The molecule has 1 saturated heterocycles. The van der Waals surface area contributed by atoms with E-state index in [2.05, 4.69) is 4.79 Å². The minimum absolute atomic E-state index is 0.172. The Hall–Kier alpha value is -3.82. The molecule has 208 valence electrons. The van der Waals surface area contributed by atoms with E-state index in [0.29, 0.717) is 35.7 Å². The van der Waals surface area contributed by atoms with Crippen LogP contribution in [0.4, 0.5) is 0 Å². The first kappa shape index (κ1) is 27.7. The number of rotatable bonds is 9. The number of carbonyl (C=O) groups is 1. The molecule has 1 amide bonds. The Morgan fingerprint density at radius 3 is 2.45 bits per heavy atom. The van der Waals surface area contributed by atoms with E-state index in [1.807, 2.05) is 54.6 Å². The van der Waals surface area contributed by atoms with E-state index in [1.54, 1.807) is 36.3 Å². The van der Waals surface area contributed by atoms with E-state index in [9.17, 15) is 10.3 Å². The zero-order valence-electron chi connectivity index (χ0n) is 22.2. The summed E-state index contributed by atoms with van der Waals surface area (Å²) in [6, 6.07) is 23.8. The lowest BCUT2D eigenvalue weighted by atomic mass is 10.1. The van der Waals surface area contributed by atoms with Gasteiger partial charge in [0.15, 0.2) is 29.3 Å². The Bertz CT molecular complexity index is 1330. The van der Waals surface area contributed by atoms with Gasteiger partial charge in [-0.25, -0.2) is 0 Å². The molecule has 1 aliphatic heterocycles. The maximum Gasteiger partial charge on any atom is 0.444 e. The largest absolute Gasteiger partial charge is 0.493 e. The quantitative estimate of drug-likeness (QED) is 0.0621. The fourth-order valence-corrected chi connectivity index (χ4v) is 5.41. The highest BCUT2D eigenvalue weighted by Gasteiger charge is 2.44. The molecule has 3 aromatic carbocycles. The van der Waals surface area contributed by atoms with Gasteiger partial charge < -0.3 is 24.6 Å². The zero-order valence-corrected chi connectivity index (χ0v) is 23.0. The highest BCUT2D eigenvalue weighted by Crippen LogP contribution is 2.36. The summed E-state index contributed by atoms with van der Waals surface area (Å²) in [6.45, 7) is 0.284. The van der Waals surface area contributed by atoms with Gasteiger partial charge in [0, 0.05) is 6.42 Å². The second-order valence-corrected chi connectivity index (χ2v) is 10.3. The van der Waals surface area contributed by atoms with Gasteiger partial charge in [-0.2, -0.15) is 4.79 Å². The van der Waals surface area contributed by atoms with Crippen LogP contribution in [0.5, 0.6) is 17.2 Å². The normalized spacial score (nSPS) is 18.8. The molecule has 5 rings (SSSR count). The SMILES string of the molecule is COc1ccc(CC2OC[C@@H](c3ccccc3)N2C(=O)C(=[N+]=[N-])SOOc2ccccc2)cc1OC1CCCC1. The van der Waals surface area contributed by atoms with Crippen LogP contribution in [-0.4, -0.2) is 46.7 Å². The van der Waals surface area contributed by atoms with Crippen molar-refractivity contribution >= 4 is 23.0 Å². The van der Waals surface area contributed by atoms with Crippen molar-refractivity contribution in [1.82, 2.24) is 4.90 Å². The molecule has 1 unspecified atom stereocenters. The molecule has 0 aromatic heterocycles. The molecule has 1 heterocycles. The second-order valence-electron chi connectivity index (χ2n) is 9.59. The number of hydrogen-bond acceptors (Lipinski definition) is 7. The van der Waals surface area contributed by atoms with E-state index < -0.39 is 18.2 Å². The van der Waals surface area contributed by atoms with Gasteiger partial charge in [-0.05, 0) is 61.1 Å². The Morgan fingerprint density at radius 2 is 1.75 bits per heavy atom. The number of benzene rings is 3. The molecular weight excluding hydrogens is 530 g/mol. The number of methoxy groups -OCH3 is 1. The average Bonchev–Trinajstić information content (AvgIpc) is 3.66. The molecule has 0 radical (unpaired) electrons. The van der Waals surface area contributed by atoms with Gasteiger partial charge in [-0.1, -0.05) is 54.6 Å². The minimum Gasteiger partial charge on any atom is -0.493 e. The van der Waals surface area contributed by atoms with E-state index in [1.165, 1.54) is 0 Å². The number of hydrogen-bond donors (Lipinski definition) is 0. The van der Waals surface area contributed by atoms with Crippen LogP contribution < -0.4 is 14.4 Å². The molecule has 10 heteroatoms. The van der Waals surface area contributed by atoms with Gasteiger partial charge in [0.25, 0.3) is 0 Å². The Labute approximate surface area is 237 Å². The molecule has 1 saturated carbocycles. The van der Waals surface area contributed by atoms with Crippen molar-refractivity contribution in [3.63, 3.8) is 0 Å². The molecule has 0 spiro atoms. The van der Waals surface area contributed by atoms with Gasteiger partial charge in [0.1, 0.15) is 6.23 Å². The monoisotopic (exact) mass is 561 g/mol. The number of para-hydroxylation sites is 1. The molecule has 1 aliphatic carbocycles. The lowest BCUT2D eigenvalue weighted by Crippen LogP contribution is -2.42. The summed E-state index contributed by atoms with van der Waals surface area (Å²) in [5, 5.41) is -0.285. The zero-order chi connectivity index (χ0) is 27.7. The van der Waals surface area contributed by atoms with Gasteiger partial charge >= 0.3 is 11.0 Å². The predicted molar refractivity (Wildman–Crippen MR) is 150 cm³/mol. The van der Waals surface area contributed by atoms with Gasteiger partial charge in [0.05, 0.1) is 25.9 Å². The van der Waals surface area contributed by atoms with Crippen LogP contribution >= 0.6 is 12.0 Å². The van der Waals surface area contributed by atoms with Crippen molar-refractivity contribution in [3.05, 3.63) is 95.5 Å². The summed E-state index contributed by atoms with van der Waals surface area (Å²) in [6.07, 6.45) is 4.31. The van der Waals surface area contributed by atoms with Crippen LogP contribution in [0.1, 0.15) is 42.9 Å². The van der Waals surface area contributed by atoms with Crippen molar-refractivity contribution < 1.29 is 33.0 Å². The van der Waals surface area contributed by atoms with Crippen LogP contribution in [0.3, 0.4) is 0 Å². The van der Waals surface area contributed by atoms with Crippen molar-refractivity contribution in [2.24, 2.45) is 0 Å². The van der Waals surface area contributed by atoms with Crippen molar-refractivity contribution in [2.75, 3.05) is 13.7 Å². The van der Waals surface area contributed by atoms with Crippen molar-refractivity contribution in [1.29, 1.82) is 0 Å². The van der Waals surface area contributed by atoms with E-state index in [-0.39, 0.29) is 17.8 Å². The lowest BCUT2D eigenvalue weighted by molar-refractivity contribution is -0.134. The third-order valence-corrected chi connectivity index (χ3v) is 7.56. The molecule has 3 aromatic rings. The first-order chi connectivity index (χ1) is 19.7. The number of carbonyl (C=O) groups excluding carboxylic acids is 1. The number of amides is 1. The highest BCUT2D eigenvalue weighted by molar-refractivity contribution is 8.11. The first-order valence-electron chi connectivity index (χ1n) is 13.3. The lowest BCUT2D eigenvalue weighted by Gasteiger charge is -2.27. The summed E-state index contributed by atoms with van der Waals surface area (Å²) in [4.78, 5) is 23.8. The van der Waals surface area contributed by atoms with Crippen LogP contribution in [0, 0.1) is 0 Å². The van der Waals surface area contributed by atoms with E-state index in [4.69, 9.17) is 23.4 Å². The van der Waals surface area contributed by atoms with Gasteiger partial charge in [0.2, 0.25) is 0 Å². The minimum atomic E-state index is -0.627. The molecule has 2 aliphatic rings. The first-order valence-corrected chi connectivity index (χ1v) is 14.0. The summed E-state index contributed by atoms with van der Waals surface area (Å²) in [5.74, 6) is 1.25. The van der Waals surface area contributed by atoms with Gasteiger partial charge in [-0.15, -0.1) is 4.33 Å². The van der Waals surface area contributed by atoms with Crippen molar-refractivity contribution in [3.8, 4) is 17.2 Å². The van der Waals surface area contributed by atoms with Gasteiger partial charge in [-0.3, -0.25) is 9.69 Å². The molecule has 0 N–H and O–H groups in total. The molecule has 2 atom stereocenters. The summed E-state index contributed by atoms with van der Waals surface area (Å²) >= 11 is 0.536. The van der Waals surface area contributed by atoms with Crippen LogP contribution in [0.15, 0.2) is 78.9 Å². The summed E-state index contributed by atoms with van der Waals surface area (Å²) in [7, 11) is 1.62. The topological polar surface area (TPSA) is 103 Å². The van der Waals surface area contributed by atoms with E-state index >= 15 is 0 Å². The maximum absolute atomic E-state index is 13.8. The maximum atomic E-state index is 13.8. The molecule has 9 nitrogen and oxygen atoms in total. The highest BCUT2D eigenvalue weighted by atomic mass is 32.2. The van der Waals surface area contributed by atoms with Crippen LogP contribution in [0.2, 0.25) is 0 Å². The summed E-state index contributed by atoms with van der Waals surface area (Å²) < 4.78 is 23.1. The predicted octanol–water partition coefficient (Wildman–Crippen LogP) is 5.77. The molecule has 2 fully saturated rings. The van der Waals surface area contributed by atoms with Crippen molar-refractivity contribution in [2.45, 2.75) is 50.5 Å². The molecular formula is C30H31N3O6S. The third-order valence-electron chi connectivity index (χ3n) is 7.01. The molecule has 40 heavy (non-hydrogen) atoms. The number of ether oxygens (including phenoxy) is 3. The fourth-order valence-electron chi connectivity index (χ4n) is 5.02. The average molecular weight is 562 g/mol. The Kier molecular flexibility index (Phi) is 9.36. The van der Waals surface area contributed by atoms with Crippen LogP contribution in [-0.2, 0) is 20.3 Å². The third kappa shape index (κ3) is 6.66. The Morgan fingerprint density at radius 1 is 1.02 bits per heavy atom. The number of nitrogens with zero attached hydrogens (tertiary/aromatic N) is 3. The van der Waals surface area contributed by atoms with Crippen LogP contribution in [0.25, 0.3) is 5.53 Å². The Balaban J connectivity index is 1.35. The second kappa shape index (κ2) is 13.5. The van der Waals surface area contributed by atoms with E-state index in [0.717, 1.165) is 36.8 Å². The summed E-state index contributed by atoms with van der Waals surface area (Å²) in [5.41, 5.74) is 11.6. The smallest absolute Gasteiger partial charge is 0.444 e. The fraction of sp³-hybridized carbons (Fsp3) is 0.333. The standard InChI is InChI=1S/C30H31N3O6S/c1-35-26-17-16-21(18-27(26)37-23-12-8-9-13-23)19-28-33(25(20-36-28)22-10-4-2-5-11-22)30(34)29(32-31)40-39-38-24-14-6-3-7-15-24/h2-7,10-11,14-18,23,25,28H,8-9,12-13,19-20H2,1H3/t25-,28?/m0/s1.